The third-order valence-corrected chi connectivity index (χ3v) is 13.3. The van der Waals surface area contributed by atoms with Crippen LogP contribution in [0.1, 0.15) is 22.3 Å². The Hall–Kier alpha value is -7.94. The van der Waals surface area contributed by atoms with Gasteiger partial charge in [0.05, 0.1) is 5.41 Å². The van der Waals surface area contributed by atoms with E-state index >= 15 is 0 Å². The van der Waals surface area contributed by atoms with Crippen LogP contribution in [0.5, 0.6) is 0 Å². The van der Waals surface area contributed by atoms with Crippen LogP contribution in [0.25, 0.3) is 77.2 Å². The summed E-state index contributed by atoms with van der Waals surface area (Å²) >= 11 is 0. The Morgan fingerprint density at radius 3 is 1.67 bits per heavy atom. The van der Waals surface area contributed by atoms with Crippen molar-refractivity contribution in [2.45, 2.75) is 5.41 Å². The normalized spacial score (nSPS) is 13.0. The number of anilines is 3. The van der Waals surface area contributed by atoms with Crippen LogP contribution in [0.15, 0.2) is 229 Å². The highest BCUT2D eigenvalue weighted by Gasteiger charge is 2.51. The lowest BCUT2D eigenvalue weighted by Gasteiger charge is -2.32. The number of hydrogen-bond acceptors (Lipinski definition) is 2. The van der Waals surface area contributed by atoms with Crippen LogP contribution in [0, 0.1) is 0 Å². The summed E-state index contributed by atoms with van der Waals surface area (Å²) in [5.74, 6) is 0. The molecular weight excluding hydrogens is 739 g/mol. The molecule has 1 aromatic heterocycles. The second-order valence-electron chi connectivity index (χ2n) is 16.4. The molecule has 1 heterocycles. The smallest absolute Gasteiger partial charge is 0.135 e. The van der Waals surface area contributed by atoms with Gasteiger partial charge in [0.25, 0.3) is 0 Å². The van der Waals surface area contributed by atoms with E-state index in [-0.39, 0.29) is 0 Å². The Morgan fingerprint density at radius 2 is 0.852 bits per heavy atom. The number of hydrogen-bond donors (Lipinski definition) is 0. The van der Waals surface area contributed by atoms with E-state index in [0.717, 1.165) is 39.0 Å². The molecule has 0 N–H and O–H groups in total. The number of furan rings is 1. The van der Waals surface area contributed by atoms with Crippen LogP contribution in [-0.4, -0.2) is 0 Å². The fourth-order valence-electron chi connectivity index (χ4n) is 10.6. The second-order valence-corrected chi connectivity index (χ2v) is 16.4. The van der Waals surface area contributed by atoms with Gasteiger partial charge in [-0.25, -0.2) is 0 Å². The maximum atomic E-state index is 6.34. The minimum atomic E-state index is -0.501. The molecule has 10 aromatic carbocycles. The van der Waals surface area contributed by atoms with Crippen LogP contribution in [0.3, 0.4) is 0 Å². The molecule has 0 aliphatic heterocycles. The Morgan fingerprint density at radius 1 is 0.295 bits per heavy atom. The SMILES string of the molecule is c1ccc(-c2ccc(N(c3ccc4c(c3)C3(c5ccccc5-c5ccccc53)c3ccc(-c5cccc6ccccc56)cc3-4)c3ccc4oc5ccccc5c4c3)cc2)cc1. The summed E-state index contributed by atoms with van der Waals surface area (Å²) in [4.78, 5) is 2.42. The molecule has 0 saturated heterocycles. The average Bonchev–Trinajstić information content (AvgIpc) is 3.95. The van der Waals surface area contributed by atoms with E-state index in [4.69, 9.17) is 4.42 Å². The zero-order valence-corrected chi connectivity index (χ0v) is 33.2. The van der Waals surface area contributed by atoms with E-state index in [1.54, 1.807) is 0 Å². The van der Waals surface area contributed by atoms with Crippen LogP contribution in [-0.2, 0) is 5.41 Å². The number of fused-ring (bicyclic) bond motifs is 14. The van der Waals surface area contributed by atoms with Gasteiger partial charge in [0.2, 0.25) is 0 Å². The Balaban J connectivity index is 1.07. The first-order valence-corrected chi connectivity index (χ1v) is 21.1. The zero-order chi connectivity index (χ0) is 40.1. The maximum Gasteiger partial charge on any atom is 0.135 e. The standard InChI is InChI=1S/C59H37NO/c1-2-13-38(14-3-1)39-25-28-42(29-26-39)60(43-31-34-58-52(36-43)50-20-8-11-24-57(50)61-58)44-30-32-49-51-35-41(46-21-12-16-40-15-4-5-17-45(40)46)27-33-55(51)59(56(49)37-44)53-22-9-6-18-47(53)48-19-7-10-23-54(48)59/h1-37H. The van der Waals surface area contributed by atoms with E-state index in [2.05, 4.69) is 223 Å². The molecule has 61 heavy (non-hydrogen) atoms. The molecular formula is C59H37NO. The average molecular weight is 776 g/mol. The maximum absolute atomic E-state index is 6.34. The van der Waals surface area contributed by atoms with Crippen LogP contribution in [0.2, 0.25) is 0 Å². The van der Waals surface area contributed by atoms with E-state index in [0.29, 0.717) is 0 Å². The molecule has 0 saturated carbocycles. The molecule has 0 amide bonds. The second kappa shape index (κ2) is 13.0. The summed E-state index contributed by atoms with van der Waals surface area (Å²) < 4.78 is 6.34. The zero-order valence-electron chi connectivity index (χ0n) is 33.2. The lowest BCUT2D eigenvalue weighted by molar-refractivity contribution is 0.669. The molecule has 0 atom stereocenters. The van der Waals surface area contributed by atoms with Gasteiger partial charge in [0, 0.05) is 27.8 Å². The Kier molecular flexibility index (Phi) is 7.26. The van der Waals surface area contributed by atoms with Crippen molar-refractivity contribution in [1.29, 1.82) is 0 Å². The minimum absolute atomic E-state index is 0.501. The van der Waals surface area contributed by atoms with Gasteiger partial charge in [0.15, 0.2) is 0 Å². The van der Waals surface area contributed by atoms with Gasteiger partial charge < -0.3 is 9.32 Å². The summed E-state index contributed by atoms with van der Waals surface area (Å²) in [5.41, 5.74) is 19.8. The summed E-state index contributed by atoms with van der Waals surface area (Å²) in [6.45, 7) is 0. The molecule has 0 unspecified atom stereocenters. The fourth-order valence-corrected chi connectivity index (χ4v) is 10.6. The molecule has 2 nitrogen and oxygen atoms in total. The van der Waals surface area contributed by atoms with Crippen LogP contribution < -0.4 is 4.90 Å². The van der Waals surface area contributed by atoms with Crippen molar-refractivity contribution >= 4 is 49.8 Å². The number of rotatable bonds is 5. The van der Waals surface area contributed by atoms with Crippen molar-refractivity contribution in [3.05, 3.63) is 247 Å². The van der Waals surface area contributed by atoms with Gasteiger partial charge in [-0.05, 0) is 132 Å². The number of benzene rings is 10. The van der Waals surface area contributed by atoms with E-state index in [1.165, 1.54) is 77.5 Å². The summed E-state index contributed by atoms with van der Waals surface area (Å²) in [6.07, 6.45) is 0. The van der Waals surface area contributed by atoms with E-state index < -0.39 is 5.41 Å². The summed E-state index contributed by atoms with van der Waals surface area (Å²) in [7, 11) is 0. The molecule has 1 spiro atoms. The molecule has 2 aliphatic rings. The Labute approximate surface area is 354 Å². The molecule has 11 aromatic rings. The monoisotopic (exact) mass is 775 g/mol. The topological polar surface area (TPSA) is 16.4 Å². The van der Waals surface area contributed by atoms with E-state index in [1.807, 2.05) is 6.07 Å². The highest BCUT2D eigenvalue weighted by atomic mass is 16.3. The molecule has 2 aliphatic carbocycles. The highest BCUT2D eigenvalue weighted by molar-refractivity contribution is 6.07. The number of nitrogens with zero attached hydrogens (tertiary/aromatic N) is 1. The molecule has 13 rings (SSSR count). The van der Waals surface area contributed by atoms with Crippen molar-refractivity contribution in [3.8, 4) is 44.5 Å². The lowest BCUT2D eigenvalue weighted by Crippen LogP contribution is -2.26. The molecule has 0 fully saturated rings. The van der Waals surface area contributed by atoms with Crippen molar-refractivity contribution < 1.29 is 4.42 Å². The van der Waals surface area contributed by atoms with Crippen molar-refractivity contribution in [1.82, 2.24) is 0 Å². The first-order chi connectivity index (χ1) is 30.2. The molecule has 284 valence electrons. The fraction of sp³-hybridized carbons (Fsp3) is 0.0169. The summed E-state index contributed by atoms with van der Waals surface area (Å²) in [5, 5.41) is 4.73. The largest absolute Gasteiger partial charge is 0.456 e. The van der Waals surface area contributed by atoms with Gasteiger partial charge in [-0.2, -0.15) is 0 Å². The van der Waals surface area contributed by atoms with E-state index in [9.17, 15) is 0 Å². The minimum Gasteiger partial charge on any atom is -0.456 e. The predicted molar refractivity (Wildman–Crippen MR) is 253 cm³/mol. The Bertz CT molecular complexity index is 3490. The lowest BCUT2D eigenvalue weighted by atomic mass is 9.70. The van der Waals surface area contributed by atoms with Gasteiger partial charge in [0.1, 0.15) is 11.2 Å². The first-order valence-electron chi connectivity index (χ1n) is 21.1. The van der Waals surface area contributed by atoms with Crippen molar-refractivity contribution in [2.24, 2.45) is 0 Å². The molecule has 2 heteroatoms. The predicted octanol–water partition coefficient (Wildman–Crippen LogP) is 15.9. The van der Waals surface area contributed by atoms with Gasteiger partial charge >= 0.3 is 0 Å². The van der Waals surface area contributed by atoms with Crippen molar-refractivity contribution in [3.63, 3.8) is 0 Å². The molecule has 0 radical (unpaired) electrons. The van der Waals surface area contributed by atoms with Crippen molar-refractivity contribution in [2.75, 3.05) is 4.90 Å². The molecule has 0 bridgehead atoms. The van der Waals surface area contributed by atoms with Gasteiger partial charge in [-0.1, -0.05) is 170 Å². The van der Waals surface area contributed by atoms with Gasteiger partial charge in [-0.3, -0.25) is 0 Å². The van der Waals surface area contributed by atoms with Gasteiger partial charge in [-0.15, -0.1) is 0 Å². The number of para-hydroxylation sites is 1. The van der Waals surface area contributed by atoms with Crippen LogP contribution >= 0.6 is 0 Å². The summed E-state index contributed by atoms with van der Waals surface area (Å²) in [6, 6.07) is 82.4. The quantitative estimate of drug-likeness (QED) is 0.173. The third kappa shape index (κ3) is 4.91. The third-order valence-electron chi connectivity index (χ3n) is 13.3. The first kappa shape index (κ1) is 34.0. The van der Waals surface area contributed by atoms with Crippen LogP contribution in [0.4, 0.5) is 17.1 Å². The highest BCUT2D eigenvalue weighted by Crippen LogP contribution is 2.63.